The Balaban J connectivity index is 2.71. The van der Waals surface area contributed by atoms with Crippen LogP contribution in [-0.2, 0) is 0 Å². The van der Waals surface area contributed by atoms with Gasteiger partial charge in [0.1, 0.15) is 0 Å². The van der Waals surface area contributed by atoms with Gasteiger partial charge in [0.25, 0.3) is 0 Å². The molecule has 1 aromatic rings. The van der Waals surface area contributed by atoms with E-state index in [0.29, 0.717) is 28.5 Å². The number of carbonyl (C=O) groups is 1. The number of thioether (sulfide) groups is 1. The van der Waals surface area contributed by atoms with E-state index in [1.165, 1.54) is 12.1 Å². The summed E-state index contributed by atoms with van der Waals surface area (Å²) < 4.78 is 35.6. The summed E-state index contributed by atoms with van der Waals surface area (Å²) in [4.78, 5) is 10.8. The van der Waals surface area contributed by atoms with Crippen LogP contribution < -0.4 is 0 Å². The number of rotatable bonds is 3. The zero-order valence-corrected chi connectivity index (χ0v) is 7.86. The van der Waals surface area contributed by atoms with Gasteiger partial charge in [-0.15, -0.1) is 11.8 Å². The minimum Gasteiger partial charge on any atom is -0.298 e. The molecule has 0 atom stereocenters. The zero-order valence-electron chi connectivity index (χ0n) is 7.04. The SMILES string of the molecule is O=Cc1ccccc1SCC(F)(F)F. The second-order valence-electron chi connectivity index (χ2n) is 2.56. The summed E-state index contributed by atoms with van der Waals surface area (Å²) >= 11 is 0.622. The summed E-state index contributed by atoms with van der Waals surface area (Å²) in [6.45, 7) is 0. The Morgan fingerprint density at radius 3 is 2.50 bits per heavy atom. The van der Waals surface area contributed by atoms with Crippen molar-refractivity contribution in [3.8, 4) is 0 Å². The summed E-state index contributed by atoms with van der Waals surface area (Å²) in [6.07, 6.45) is -3.65. The molecule has 0 spiro atoms. The van der Waals surface area contributed by atoms with Crippen molar-refractivity contribution in [1.29, 1.82) is 0 Å². The molecule has 76 valence electrons. The molecule has 0 amide bonds. The molecular formula is C9H7F3OS. The first-order valence-electron chi connectivity index (χ1n) is 3.77. The largest absolute Gasteiger partial charge is 0.398 e. The molecular weight excluding hydrogens is 213 g/mol. The molecule has 0 N–H and O–H groups in total. The van der Waals surface area contributed by atoms with Crippen LogP contribution in [0.15, 0.2) is 29.2 Å². The molecule has 0 fully saturated rings. The quantitative estimate of drug-likeness (QED) is 0.575. The van der Waals surface area contributed by atoms with Gasteiger partial charge in [0.15, 0.2) is 6.29 Å². The van der Waals surface area contributed by atoms with Gasteiger partial charge < -0.3 is 0 Å². The highest BCUT2D eigenvalue weighted by Crippen LogP contribution is 2.28. The molecule has 0 heterocycles. The van der Waals surface area contributed by atoms with Crippen molar-refractivity contribution in [3.05, 3.63) is 29.8 Å². The fourth-order valence-electron chi connectivity index (χ4n) is 0.869. The topological polar surface area (TPSA) is 17.1 Å². The van der Waals surface area contributed by atoms with Crippen molar-refractivity contribution in [1.82, 2.24) is 0 Å². The molecule has 0 unspecified atom stereocenters. The van der Waals surface area contributed by atoms with Gasteiger partial charge in [-0.05, 0) is 6.07 Å². The number of halogens is 3. The van der Waals surface area contributed by atoms with Gasteiger partial charge in [-0.3, -0.25) is 4.79 Å². The van der Waals surface area contributed by atoms with Crippen molar-refractivity contribution in [2.45, 2.75) is 11.1 Å². The molecule has 0 aliphatic heterocycles. The Morgan fingerprint density at radius 1 is 1.29 bits per heavy atom. The van der Waals surface area contributed by atoms with E-state index in [2.05, 4.69) is 0 Å². The molecule has 0 radical (unpaired) electrons. The van der Waals surface area contributed by atoms with E-state index in [1.54, 1.807) is 12.1 Å². The average molecular weight is 220 g/mol. The maximum absolute atomic E-state index is 11.9. The van der Waals surface area contributed by atoms with Crippen molar-refractivity contribution in [2.24, 2.45) is 0 Å². The normalized spacial score (nSPS) is 11.4. The van der Waals surface area contributed by atoms with E-state index in [1.807, 2.05) is 0 Å². The van der Waals surface area contributed by atoms with E-state index in [9.17, 15) is 18.0 Å². The predicted molar refractivity (Wildman–Crippen MR) is 48.6 cm³/mol. The Hall–Kier alpha value is -0.970. The summed E-state index contributed by atoms with van der Waals surface area (Å²) in [6, 6.07) is 6.21. The highest BCUT2D eigenvalue weighted by molar-refractivity contribution is 7.99. The van der Waals surface area contributed by atoms with Gasteiger partial charge >= 0.3 is 6.18 Å². The van der Waals surface area contributed by atoms with E-state index in [-0.39, 0.29) is 0 Å². The number of carbonyl (C=O) groups excluding carboxylic acids is 1. The van der Waals surface area contributed by atoms with Crippen molar-refractivity contribution >= 4 is 18.0 Å². The lowest BCUT2D eigenvalue weighted by Gasteiger charge is -2.06. The molecule has 1 rings (SSSR count). The third kappa shape index (κ3) is 3.41. The van der Waals surface area contributed by atoms with Crippen molar-refractivity contribution in [2.75, 3.05) is 5.75 Å². The molecule has 0 saturated carbocycles. The average Bonchev–Trinajstić information content (AvgIpc) is 2.14. The van der Waals surface area contributed by atoms with E-state index in [0.717, 1.165) is 0 Å². The van der Waals surface area contributed by atoms with Crippen LogP contribution in [0.5, 0.6) is 0 Å². The van der Waals surface area contributed by atoms with E-state index in [4.69, 9.17) is 0 Å². The summed E-state index contributed by atoms with van der Waals surface area (Å²) in [5.74, 6) is -0.974. The summed E-state index contributed by atoms with van der Waals surface area (Å²) in [5, 5.41) is 0. The number of benzene rings is 1. The molecule has 1 aromatic carbocycles. The summed E-state index contributed by atoms with van der Waals surface area (Å²) in [5.41, 5.74) is 0.293. The first kappa shape index (κ1) is 11.1. The Morgan fingerprint density at radius 2 is 1.93 bits per heavy atom. The van der Waals surface area contributed by atoms with Gasteiger partial charge in [-0.2, -0.15) is 13.2 Å². The third-order valence-electron chi connectivity index (χ3n) is 1.44. The first-order valence-corrected chi connectivity index (χ1v) is 4.75. The maximum atomic E-state index is 11.9. The van der Waals surface area contributed by atoms with Gasteiger partial charge in [-0.1, -0.05) is 18.2 Å². The van der Waals surface area contributed by atoms with Gasteiger partial charge in [-0.25, -0.2) is 0 Å². The summed E-state index contributed by atoms with van der Waals surface area (Å²) in [7, 11) is 0. The van der Waals surface area contributed by atoms with Gasteiger partial charge in [0.2, 0.25) is 0 Å². The number of hydrogen-bond donors (Lipinski definition) is 0. The zero-order chi connectivity index (χ0) is 10.6. The second-order valence-corrected chi connectivity index (χ2v) is 3.58. The van der Waals surface area contributed by atoms with Crippen molar-refractivity contribution < 1.29 is 18.0 Å². The number of hydrogen-bond acceptors (Lipinski definition) is 2. The van der Waals surface area contributed by atoms with Crippen molar-refractivity contribution in [3.63, 3.8) is 0 Å². The van der Waals surface area contributed by atoms with Crippen LogP contribution in [0.3, 0.4) is 0 Å². The number of aldehydes is 1. The van der Waals surface area contributed by atoms with Crippen LogP contribution >= 0.6 is 11.8 Å². The smallest absolute Gasteiger partial charge is 0.298 e. The highest BCUT2D eigenvalue weighted by atomic mass is 32.2. The molecule has 0 aliphatic carbocycles. The second kappa shape index (κ2) is 4.50. The van der Waals surface area contributed by atoms with Gasteiger partial charge in [0.05, 0.1) is 5.75 Å². The van der Waals surface area contributed by atoms with Crippen LogP contribution in [0.2, 0.25) is 0 Å². The van der Waals surface area contributed by atoms with E-state index >= 15 is 0 Å². The molecule has 14 heavy (non-hydrogen) atoms. The lowest BCUT2D eigenvalue weighted by molar-refractivity contribution is -0.105. The van der Waals surface area contributed by atoms with Crippen LogP contribution in [0.4, 0.5) is 13.2 Å². The van der Waals surface area contributed by atoms with Crippen LogP contribution in [0.1, 0.15) is 10.4 Å². The monoisotopic (exact) mass is 220 g/mol. The van der Waals surface area contributed by atoms with Crippen LogP contribution in [0, 0.1) is 0 Å². The lowest BCUT2D eigenvalue weighted by Crippen LogP contribution is -2.10. The molecule has 0 aliphatic rings. The number of alkyl halides is 3. The molecule has 1 nitrogen and oxygen atoms in total. The minimum atomic E-state index is -4.21. The Kier molecular flexibility index (Phi) is 3.57. The lowest BCUT2D eigenvalue weighted by atomic mass is 10.2. The molecule has 0 saturated heterocycles. The fraction of sp³-hybridized carbons (Fsp3) is 0.222. The van der Waals surface area contributed by atoms with E-state index < -0.39 is 11.9 Å². The fourth-order valence-corrected chi connectivity index (χ4v) is 1.65. The molecule has 0 aromatic heterocycles. The van der Waals surface area contributed by atoms with Crippen LogP contribution in [-0.4, -0.2) is 18.2 Å². The molecule has 5 heteroatoms. The molecule has 0 bridgehead atoms. The van der Waals surface area contributed by atoms with Crippen LogP contribution in [0.25, 0.3) is 0 Å². The Bertz CT molecular complexity index is 322. The minimum absolute atomic E-state index is 0.293. The predicted octanol–water partition coefficient (Wildman–Crippen LogP) is 3.15. The standard InChI is InChI=1S/C9H7F3OS/c10-9(11,12)6-14-8-4-2-1-3-7(8)5-13/h1-5H,6H2. The maximum Gasteiger partial charge on any atom is 0.398 e. The highest BCUT2D eigenvalue weighted by Gasteiger charge is 2.27. The third-order valence-corrected chi connectivity index (χ3v) is 2.59. The van der Waals surface area contributed by atoms with Gasteiger partial charge in [0, 0.05) is 10.5 Å². The Labute approximate surface area is 83.3 Å². The first-order chi connectivity index (χ1) is 6.53.